The Balaban J connectivity index is 1.68. The van der Waals surface area contributed by atoms with Crippen molar-refractivity contribution in [3.63, 3.8) is 0 Å². The highest BCUT2D eigenvalue weighted by Crippen LogP contribution is 2.58. The van der Waals surface area contributed by atoms with Crippen molar-refractivity contribution >= 4 is 22.7 Å². The van der Waals surface area contributed by atoms with Gasteiger partial charge < -0.3 is 18.9 Å². The van der Waals surface area contributed by atoms with Gasteiger partial charge in [-0.3, -0.25) is 0 Å². The third-order valence-electron chi connectivity index (χ3n) is 4.15. The van der Waals surface area contributed by atoms with Gasteiger partial charge in [-0.05, 0) is 0 Å². The molecule has 3 aromatic heterocycles. The minimum atomic E-state index is 0.560. The van der Waals surface area contributed by atoms with Gasteiger partial charge in [0.05, 0.1) is 14.6 Å². The van der Waals surface area contributed by atoms with Crippen LogP contribution in [0.15, 0.2) is 29.9 Å². The average molecular weight is 374 g/mol. The first-order chi connectivity index (χ1) is 12.3. The van der Waals surface area contributed by atoms with Crippen molar-refractivity contribution in [3.8, 4) is 43.2 Å². The van der Waals surface area contributed by atoms with Crippen LogP contribution in [0.5, 0.6) is 23.0 Å². The van der Waals surface area contributed by atoms with E-state index in [1.165, 1.54) is 0 Å². The summed E-state index contributed by atoms with van der Waals surface area (Å²) in [6.07, 6.45) is 4.07. The molecule has 5 rings (SSSR count). The SMILES string of the molecule is C[n+]1ccc(-c2sc(-c3scc4c3OCCO4)c3c2OCCO3)cc1. The van der Waals surface area contributed by atoms with E-state index >= 15 is 0 Å². The number of pyridine rings is 1. The number of ether oxygens (including phenoxy) is 4. The quantitative estimate of drug-likeness (QED) is 0.644. The molecule has 128 valence electrons. The van der Waals surface area contributed by atoms with E-state index in [-0.39, 0.29) is 0 Å². The molecule has 0 radical (unpaired) electrons. The van der Waals surface area contributed by atoms with Crippen LogP contribution in [0.3, 0.4) is 0 Å². The zero-order valence-corrected chi connectivity index (χ0v) is 15.2. The van der Waals surface area contributed by atoms with Crippen LogP contribution in [0.25, 0.3) is 20.2 Å². The van der Waals surface area contributed by atoms with Crippen LogP contribution in [0.2, 0.25) is 0 Å². The molecule has 0 fully saturated rings. The van der Waals surface area contributed by atoms with Crippen LogP contribution in [0.4, 0.5) is 0 Å². The molecule has 2 aliphatic heterocycles. The van der Waals surface area contributed by atoms with Gasteiger partial charge in [-0.2, -0.15) is 0 Å². The van der Waals surface area contributed by atoms with E-state index < -0.39 is 0 Å². The van der Waals surface area contributed by atoms with E-state index in [1.54, 1.807) is 22.7 Å². The van der Waals surface area contributed by atoms with Gasteiger partial charge in [0.1, 0.15) is 33.5 Å². The van der Waals surface area contributed by atoms with E-state index in [4.69, 9.17) is 18.9 Å². The van der Waals surface area contributed by atoms with Crippen LogP contribution >= 0.6 is 22.7 Å². The molecule has 5 heterocycles. The zero-order chi connectivity index (χ0) is 16.8. The summed E-state index contributed by atoms with van der Waals surface area (Å²) in [5, 5.41) is 2.00. The molecule has 0 saturated carbocycles. The van der Waals surface area contributed by atoms with E-state index in [9.17, 15) is 0 Å². The largest absolute Gasteiger partial charge is 0.485 e. The highest BCUT2D eigenvalue weighted by atomic mass is 32.1. The Morgan fingerprint density at radius 2 is 1.44 bits per heavy atom. The molecule has 0 bridgehead atoms. The summed E-state index contributed by atoms with van der Waals surface area (Å²) in [6, 6.07) is 4.19. The van der Waals surface area contributed by atoms with Crippen molar-refractivity contribution < 1.29 is 23.5 Å². The normalized spacial score (nSPS) is 15.2. The summed E-state index contributed by atoms with van der Waals surface area (Å²) in [5.74, 6) is 3.29. The number of thiophene rings is 2. The Kier molecular flexibility index (Phi) is 3.57. The third kappa shape index (κ3) is 2.46. The van der Waals surface area contributed by atoms with Gasteiger partial charge in [0.25, 0.3) is 0 Å². The van der Waals surface area contributed by atoms with E-state index in [0.717, 1.165) is 43.2 Å². The standard InChI is InChI=1S/C18H16NO4S2/c1-19-4-2-11(3-5-19)16-14-15(23-9-8-22-14)18(25-16)17-13-12(10-24-17)20-6-7-21-13/h2-5,10H,6-9H2,1H3/q+1. The molecule has 0 amide bonds. The van der Waals surface area contributed by atoms with Crippen molar-refractivity contribution in [2.45, 2.75) is 0 Å². The fourth-order valence-corrected chi connectivity index (χ4v) is 5.23. The number of hydrogen-bond acceptors (Lipinski definition) is 6. The molecule has 25 heavy (non-hydrogen) atoms. The van der Waals surface area contributed by atoms with E-state index in [0.29, 0.717) is 26.4 Å². The van der Waals surface area contributed by atoms with Crippen LogP contribution in [0.1, 0.15) is 0 Å². The van der Waals surface area contributed by atoms with Gasteiger partial charge in [-0.1, -0.05) is 0 Å². The van der Waals surface area contributed by atoms with Crippen LogP contribution in [-0.4, -0.2) is 26.4 Å². The number of nitrogens with zero attached hydrogens (tertiary/aromatic N) is 1. The maximum atomic E-state index is 5.99. The lowest BCUT2D eigenvalue weighted by Crippen LogP contribution is -2.25. The topological polar surface area (TPSA) is 40.8 Å². The minimum absolute atomic E-state index is 0.560. The summed E-state index contributed by atoms with van der Waals surface area (Å²) in [6.45, 7) is 2.30. The van der Waals surface area contributed by atoms with Gasteiger partial charge in [-0.25, -0.2) is 4.57 Å². The molecule has 0 atom stereocenters. The molecule has 0 aromatic carbocycles. The first-order valence-electron chi connectivity index (χ1n) is 8.07. The van der Waals surface area contributed by atoms with Gasteiger partial charge in [0, 0.05) is 23.1 Å². The Morgan fingerprint density at radius 1 is 0.800 bits per heavy atom. The van der Waals surface area contributed by atoms with Gasteiger partial charge in [-0.15, -0.1) is 22.7 Å². The molecule has 5 nitrogen and oxygen atoms in total. The molecule has 0 aliphatic carbocycles. The number of aryl methyl sites for hydroxylation is 1. The fourth-order valence-electron chi connectivity index (χ4n) is 2.96. The van der Waals surface area contributed by atoms with Crippen molar-refractivity contribution in [2.75, 3.05) is 26.4 Å². The minimum Gasteiger partial charge on any atom is -0.485 e. The maximum Gasteiger partial charge on any atom is 0.181 e. The highest BCUT2D eigenvalue weighted by molar-refractivity contribution is 7.24. The molecule has 7 heteroatoms. The van der Waals surface area contributed by atoms with Crippen molar-refractivity contribution in [1.82, 2.24) is 0 Å². The molecular formula is C18H16NO4S2+. The Bertz CT molecular complexity index is 929. The monoisotopic (exact) mass is 374 g/mol. The number of aromatic nitrogens is 1. The average Bonchev–Trinajstić information content (AvgIpc) is 3.24. The van der Waals surface area contributed by atoms with Crippen LogP contribution < -0.4 is 23.5 Å². The van der Waals surface area contributed by atoms with Gasteiger partial charge >= 0.3 is 0 Å². The lowest BCUT2D eigenvalue weighted by Gasteiger charge is -2.18. The Hall–Kier alpha value is -2.25. The van der Waals surface area contributed by atoms with Crippen molar-refractivity contribution in [3.05, 3.63) is 29.9 Å². The highest BCUT2D eigenvalue weighted by Gasteiger charge is 2.30. The second-order valence-electron chi connectivity index (χ2n) is 5.82. The Labute approximate surface area is 153 Å². The molecule has 3 aromatic rings. The molecule has 0 N–H and O–H groups in total. The van der Waals surface area contributed by atoms with E-state index in [2.05, 4.69) is 12.1 Å². The molecule has 0 spiro atoms. The summed E-state index contributed by atoms with van der Waals surface area (Å²) in [5.41, 5.74) is 1.12. The smallest absolute Gasteiger partial charge is 0.181 e. The lowest BCUT2D eigenvalue weighted by atomic mass is 10.2. The second kappa shape index (κ2) is 5.93. The van der Waals surface area contributed by atoms with Crippen LogP contribution in [0, 0.1) is 0 Å². The molecule has 0 saturated heterocycles. The van der Waals surface area contributed by atoms with Crippen LogP contribution in [-0.2, 0) is 7.05 Å². The summed E-state index contributed by atoms with van der Waals surface area (Å²) in [7, 11) is 2.01. The third-order valence-corrected chi connectivity index (χ3v) is 6.45. The first-order valence-corrected chi connectivity index (χ1v) is 9.76. The zero-order valence-electron chi connectivity index (χ0n) is 13.6. The first kappa shape index (κ1) is 15.0. The lowest BCUT2D eigenvalue weighted by molar-refractivity contribution is -0.671. The van der Waals surface area contributed by atoms with Crippen molar-refractivity contribution in [1.29, 1.82) is 0 Å². The predicted molar refractivity (Wildman–Crippen MR) is 96.2 cm³/mol. The number of fused-ring (bicyclic) bond motifs is 2. The fraction of sp³-hybridized carbons (Fsp3) is 0.278. The van der Waals surface area contributed by atoms with Crippen molar-refractivity contribution in [2.24, 2.45) is 7.05 Å². The molecule has 0 unspecified atom stereocenters. The second-order valence-corrected chi connectivity index (χ2v) is 7.72. The van der Waals surface area contributed by atoms with Gasteiger partial charge in [0.15, 0.2) is 35.4 Å². The number of rotatable bonds is 2. The Morgan fingerprint density at radius 3 is 2.20 bits per heavy atom. The molecular weight excluding hydrogens is 358 g/mol. The summed E-state index contributed by atoms with van der Waals surface area (Å²) in [4.78, 5) is 3.19. The maximum absolute atomic E-state index is 5.99. The van der Waals surface area contributed by atoms with Gasteiger partial charge in [0.2, 0.25) is 0 Å². The molecule has 2 aliphatic rings. The summed E-state index contributed by atoms with van der Waals surface area (Å²) < 4.78 is 25.5. The van der Waals surface area contributed by atoms with E-state index in [1.807, 2.05) is 29.4 Å². The summed E-state index contributed by atoms with van der Waals surface area (Å²) >= 11 is 3.30. The predicted octanol–water partition coefficient (Wildman–Crippen LogP) is 3.51. The number of hydrogen-bond donors (Lipinski definition) is 0.